The SMILES string of the molecule is CC1CCCC(CO)(NC(=O)c2ccnnc2)C1. The van der Waals surface area contributed by atoms with Gasteiger partial charge in [0.1, 0.15) is 0 Å². The molecule has 2 N–H and O–H groups in total. The number of carbonyl (C=O) groups is 1. The summed E-state index contributed by atoms with van der Waals surface area (Å²) in [5, 5.41) is 19.9. The number of aliphatic hydroxyl groups is 1. The van der Waals surface area contributed by atoms with E-state index in [9.17, 15) is 9.90 Å². The number of carbonyl (C=O) groups excluding carboxylic acids is 1. The molecule has 0 saturated heterocycles. The number of aliphatic hydroxyl groups excluding tert-OH is 1. The maximum Gasteiger partial charge on any atom is 0.253 e. The van der Waals surface area contributed by atoms with Gasteiger partial charge in [0.15, 0.2) is 0 Å². The summed E-state index contributed by atoms with van der Waals surface area (Å²) in [5.41, 5.74) is 0.00827. The molecule has 5 nitrogen and oxygen atoms in total. The fourth-order valence-electron chi connectivity index (χ4n) is 2.69. The van der Waals surface area contributed by atoms with Crippen molar-refractivity contribution in [3.8, 4) is 0 Å². The van der Waals surface area contributed by atoms with E-state index in [2.05, 4.69) is 22.4 Å². The lowest BCUT2D eigenvalue weighted by atomic mass is 9.76. The summed E-state index contributed by atoms with van der Waals surface area (Å²) in [5.74, 6) is 0.342. The van der Waals surface area contributed by atoms with Gasteiger partial charge in [0.25, 0.3) is 5.91 Å². The van der Waals surface area contributed by atoms with Crippen molar-refractivity contribution in [1.82, 2.24) is 15.5 Å². The highest BCUT2D eigenvalue weighted by Gasteiger charge is 2.35. The number of aromatic nitrogens is 2. The molecule has 1 aromatic rings. The van der Waals surface area contributed by atoms with Gasteiger partial charge in [-0.2, -0.15) is 10.2 Å². The molecule has 2 rings (SSSR count). The number of hydrogen-bond acceptors (Lipinski definition) is 4. The van der Waals surface area contributed by atoms with Gasteiger partial charge in [0.2, 0.25) is 0 Å². The van der Waals surface area contributed by atoms with E-state index in [4.69, 9.17) is 0 Å². The first-order valence-electron chi connectivity index (χ1n) is 6.35. The van der Waals surface area contributed by atoms with E-state index in [0.717, 1.165) is 25.7 Å². The van der Waals surface area contributed by atoms with E-state index >= 15 is 0 Å². The van der Waals surface area contributed by atoms with E-state index in [1.807, 2.05) is 0 Å². The minimum Gasteiger partial charge on any atom is -0.394 e. The molecule has 1 heterocycles. The van der Waals surface area contributed by atoms with Crippen molar-refractivity contribution in [2.45, 2.75) is 38.1 Å². The zero-order valence-corrected chi connectivity index (χ0v) is 10.6. The van der Waals surface area contributed by atoms with Crippen LogP contribution < -0.4 is 5.32 Å². The average Bonchev–Trinajstić information content (AvgIpc) is 2.39. The molecule has 1 saturated carbocycles. The lowest BCUT2D eigenvalue weighted by molar-refractivity contribution is 0.0696. The monoisotopic (exact) mass is 249 g/mol. The summed E-state index contributed by atoms with van der Waals surface area (Å²) in [4.78, 5) is 12.1. The first kappa shape index (κ1) is 13.0. The molecule has 0 bridgehead atoms. The Kier molecular flexibility index (Phi) is 3.91. The second-order valence-corrected chi connectivity index (χ2v) is 5.23. The van der Waals surface area contributed by atoms with Gasteiger partial charge in [-0.15, -0.1) is 0 Å². The molecule has 98 valence electrons. The van der Waals surface area contributed by atoms with Crippen LogP contribution in [0, 0.1) is 5.92 Å². The van der Waals surface area contributed by atoms with Gasteiger partial charge in [0, 0.05) is 0 Å². The molecule has 1 fully saturated rings. The largest absolute Gasteiger partial charge is 0.394 e. The highest BCUT2D eigenvalue weighted by atomic mass is 16.3. The Labute approximate surface area is 107 Å². The van der Waals surface area contributed by atoms with E-state index in [1.165, 1.54) is 12.4 Å². The minimum absolute atomic E-state index is 0.0123. The summed E-state index contributed by atoms with van der Waals surface area (Å²) in [6.45, 7) is 2.14. The predicted octanol–water partition coefficient (Wildman–Crippen LogP) is 1.15. The van der Waals surface area contributed by atoms with Crippen LogP contribution in [0.25, 0.3) is 0 Å². The molecule has 0 aromatic carbocycles. The molecule has 2 unspecified atom stereocenters. The van der Waals surface area contributed by atoms with Gasteiger partial charge in [-0.3, -0.25) is 4.79 Å². The summed E-state index contributed by atoms with van der Waals surface area (Å²) < 4.78 is 0. The number of amides is 1. The van der Waals surface area contributed by atoms with Crippen molar-refractivity contribution in [2.24, 2.45) is 5.92 Å². The van der Waals surface area contributed by atoms with E-state index in [0.29, 0.717) is 11.5 Å². The quantitative estimate of drug-likeness (QED) is 0.842. The second kappa shape index (κ2) is 5.44. The standard InChI is InChI=1S/C13H19N3O2/c1-10-3-2-5-13(7-10,9-17)16-12(18)11-4-6-14-15-8-11/h4,6,8,10,17H,2-3,5,7,9H2,1H3,(H,16,18). The minimum atomic E-state index is -0.474. The normalized spacial score (nSPS) is 27.8. The molecule has 0 aliphatic heterocycles. The average molecular weight is 249 g/mol. The van der Waals surface area contributed by atoms with Crippen molar-refractivity contribution in [2.75, 3.05) is 6.61 Å². The highest BCUT2D eigenvalue weighted by molar-refractivity contribution is 5.94. The molecular weight excluding hydrogens is 230 g/mol. The molecule has 0 spiro atoms. The fourth-order valence-corrected chi connectivity index (χ4v) is 2.69. The molecular formula is C13H19N3O2. The zero-order valence-electron chi connectivity index (χ0n) is 10.6. The lowest BCUT2D eigenvalue weighted by Gasteiger charge is -2.39. The molecule has 0 radical (unpaired) electrons. The maximum atomic E-state index is 12.1. The van der Waals surface area contributed by atoms with Crippen molar-refractivity contribution < 1.29 is 9.90 Å². The Morgan fingerprint density at radius 3 is 3.06 bits per heavy atom. The highest BCUT2D eigenvalue weighted by Crippen LogP contribution is 2.32. The molecule has 1 aliphatic rings. The maximum absolute atomic E-state index is 12.1. The predicted molar refractivity (Wildman–Crippen MR) is 66.9 cm³/mol. The Balaban J connectivity index is 2.08. The third-order valence-corrected chi connectivity index (χ3v) is 3.62. The van der Waals surface area contributed by atoms with Crippen LogP contribution in [0.15, 0.2) is 18.5 Å². The van der Waals surface area contributed by atoms with Crippen LogP contribution in [-0.2, 0) is 0 Å². The first-order valence-corrected chi connectivity index (χ1v) is 6.35. The summed E-state index contributed by atoms with van der Waals surface area (Å²) >= 11 is 0. The Morgan fingerprint density at radius 2 is 2.44 bits per heavy atom. The smallest absolute Gasteiger partial charge is 0.253 e. The van der Waals surface area contributed by atoms with Gasteiger partial charge < -0.3 is 10.4 Å². The fraction of sp³-hybridized carbons (Fsp3) is 0.615. The van der Waals surface area contributed by atoms with E-state index in [1.54, 1.807) is 6.07 Å². The second-order valence-electron chi connectivity index (χ2n) is 5.23. The van der Waals surface area contributed by atoms with Gasteiger partial charge in [-0.1, -0.05) is 19.8 Å². The number of hydrogen-bond donors (Lipinski definition) is 2. The Hall–Kier alpha value is -1.49. The van der Waals surface area contributed by atoms with Gasteiger partial charge in [0.05, 0.1) is 30.1 Å². The van der Waals surface area contributed by atoms with Crippen molar-refractivity contribution in [1.29, 1.82) is 0 Å². The van der Waals surface area contributed by atoms with Gasteiger partial charge >= 0.3 is 0 Å². The first-order chi connectivity index (χ1) is 8.65. The molecule has 18 heavy (non-hydrogen) atoms. The number of nitrogens with one attached hydrogen (secondary N) is 1. The number of nitrogens with zero attached hydrogens (tertiary/aromatic N) is 2. The van der Waals surface area contributed by atoms with Crippen molar-refractivity contribution in [3.05, 3.63) is 24.0 Å². The van der Waals surface area contributed by atoms with Crippen LogP contribution in [0.3, 0.4) is 0 Å². The molecule has 1 aromatic heterocycles. The van der Waals surface area contributed by atoms with E-state index in [-0.39, 0.29) is 12.5 Å². The van der Waals surface area contributed by atoms with Crippen molar-refractivity contribution in [3.63, 3.8) is 0 Å². The Morgan fingerprint density at radius 1 is 1.61 bits per heavy atom. The van der Waals surface area contributed by atoms with Crippen LogP contribution in [-0.4, -0.2) is 33.4 Å². The van der Waals surface area contributed by atoms with Crippen molar-refractivity contribution >= 4 is 5.91 Å². The van der Waals surface area contributed by atoms with Gasteiger partial charge in [-0.25, -0.2) is 0 Å². The van der Waals surface area contributed by atoms with E-state index < -0.39 is 5.54 Å². The van der Waals surface area contributed by atoms with Gasteiger partial charge in [-0.05, 0) is 24.8 Å². The Bertz CT molecular complexity index is 410. The van der Waals surface area contributed by atoms with Crippen LogP contribution in [0.1, 0.15) is 43.0 Å². The van der Waals surface area contributed by atoms with Crippen LogP contribution in [0.4, 0.5) is 0 Å². The number of rotatable bonds is 3. The summed E-state index contributed by atoms with van der Waals surface area (Å²) in [6, 6.07) is 1.62. The third kappa shape index (κ3) is 2.85. The van der Waals surface area contributed by atoms with Crippen LogP contribution in [0.2, 0.25) is 0 Å². The summed E-state index contributed by atoms with van der Waals surface area (Å²) in [7, 11) is 0. The molecule has 1 aliphatic carbocycles. The third-order valence-electron chi connectivity index (χ3n) is 3.62. The topological polar surface area (TPSA) is 75.1 Å². The zero-order chi connectivity index (χ0) is 13.0. The molecule has 2 atom stereocenters. The summed E-state index contributed by atoms with van der Waals surface area (Å²) in [6.07, 6.45) is 6.79. The van der Waals surface area contributed by atoms with Crippen LogP contribution >= 0.6 is 0 Å². The lowest BCUT2D eigenvalue weighted by Crippen LogP contribution is -2.53. The molecule has 1 amide bonds. The molecule has 5 heteroatoms. The van der Waals surface area contributed by atoms with Crippen LogP contribution in [0.5, 0.6) is 0 Å².